The van der Waals surface area contributed by atoms with Gasteiger partial charge in [0.1, 0.15) is 0 Å². The van der Waals surface area contributed by atoms with Gasteiger partial charge in [0.15, 0.2) is 15.7 Å². The van der Waals surface area contributed by atoms with Crippen LogP contribution in [0.5, 0.6) is 5.88 Å². The molecule has 1 aliphatic rings. The average molecular weight is 672 g/mol. The minimum absolute atomic E-state index is 0.00202. The van der Waals surface area contributed by atoms with E-state index >= 15 is 0 Å². The smallest absolute Gasteiger partial charge is 0.280 e. The number of carbonyl (C=O) groups is 1. The SMILES string of the molecule is CCN(CC)CCCCS(=O)(=O)c1cccc(C2=NC(=O)c3c(-c4cccc(S(=O)(=O)NCCCN(CC)CC)c4)[nH]c(O)c32)c1. The average Bonchev–Trinajstić information content (AvgIpc) is 3.58. The summed E-state index contributed by atoms with van der Waals surface area (Å²) >= 11 is 0. The molecule has 2 heterocycles. The van der Waals surface area contributed by atoms with Crippen LogP contribution in [0, 0.1) is 0 Å². The molecule has 0 atom stereocenters. The Labute approximate surface area is 272 Å². The molecule has 1 aromatic heterocycles. The predicted octanol–water partition coefficient (Wildman–Crippen LogP) is 4.28. The largest absolute Gasteiger partial charge is 0.494 e. The number of carbonyl (C=O) groups excluding carboxylic acids is 1. The summed E-state index contributed by atoms with van der Waals surface area (Å²) in [6.07, 6.45) is 1.95. The number of sulfonamides is 1. The Balaban J connectivity index is 1.54. The molecule has 0 saturated carbocycles. The monoisotopic (exact) mass is 671 g/mol. The maximum Gasteiger partial charge on any atom is 0.280 e. The second-order valence-corrected chi connectivity index (χ2v) is 15.1. The number of amides is 1. The van der Waals surface area contributed by atoms with Crippen LogP contribution in [0.25, 0.3) is 11.3 Å². The van der Waals surface area contributed by atoms with Gasteiger partial charge in [0.05, 0.1) is 38.1 Å². The van der Waals surface area contributed by atoms with Gasteiger partial charge in [0, 0.05) is 17.7 Å². The number of fused-ring (bicyclic) bond motifs is 1. The summed E-state index contributed by atoms with van der Waals surface area (Å²) in [7, 11) is -7.42. The van der Waals surface area contributed by atoms with E-state index in [2.05, 4.69) is 52.2 Å². The summed E-state index contributed by atoms with van der Waals surface area (Å²) in [5, 5.41) is 10.9. The maximum atomic E-state index is 13.2. The number of aromatic amines is 1. The summed E-state index contributed by atoms with van der Waals surface area (Å²) < 4.78 is 55.1. The van der Waals surface area contributed by atoms with Crippen LogP contribution in [0.15, 0.2) is 63.3 Å². The lowest BCUT2D eigenvalue weighted by atomic mass is 10.0. The van der Waals surface area contributed by atoms with Gasteiger partial charge in [0.25, 0.3) is 5.91 Å². The number of rotatable bonds is 18. The van der Waals surface area contributed by atoms with Crippen LogP contribution in [0.3, 0.4) is 0 Å². The summed E-state index contributed by atoms with van der Waals surface area (Å²) in [5.41, 5.74) is 1.38. The quantitative estimate of drug-likeness (QED) is 0.170. The number of benzene rings is 2. The first-order chi connectivity index (χ1) is 21.9. The minimum Gasteiger partial charge on any atom is -0.494 e. The molecule has 4 rings (SSSR count). The molecule has 11 nitrogen and oxygen atoms in total. The van der Waals surface area contributed by atoms with Gasteiger partial charge in [-0.25, -0.2) is 26.6 Å². The minimum atomic E-state index is -3.83. The molecular formula is C33H45N5O6S2. The summed E-state index contributed by atoms with van der Waals surface area (Å²) in [6, 6.07) is 12.4. The molecule has 3 aromatic rings. The first kappa shape index (κ1) is 35.5. The molecule has 2 aromatic carbocycles. The van der Waals surface area contributed by atoms with E-state index in [0.717, 1.165) is 45.7 Å². The van der Waals surface area contributed by atoms with Crippen LogP contribution in [0.4, 0.5) is 0 Å². The third-order valence-corrected chi connectivity index (χ3v) is 11.7. The van der Waals surface area contributed by atoms with Gasteiger partial charge in [-0.05, 0) is 82.8 Å². The van der Waals surface area contributed by atoms with Gasteiger partial charge < -0.3 is 19.9 Å². The highest BCUT2D eigenvalue weighted by atomic mass is 32.2. The zero-order valence-electron chi connectivity index (χ0n) is 27.0. The predicted molar refractivity (Wildman–Crippen MR) is 181 cm³/mol. The van der Waals surface area contributed by atoms with Crippen LogP contribution < -0.4 is 4.72 Å². The Bertz CT molecular complexity index is 1780. The van der Waals surface area contributed by atoms with E-state index in [0.29, 0.717) is 24.0 Å². The van der Waals surface area contributed by atoms with Gasteiger partial charge in [-0.15, -0.1) is 0 Å². The second-order valence-electron chi connectivity index (χ2n) is 11.3. The van der Waals surface area contributed by atoms with E-state index in [1.54, 1.807) is 24.3 Å². The van der Waals surface area contributed by atoms with Gasteiger partial charge in [-0.2, -0.15) is 0 Å². The van der Waals surface area contributed by atoms with Crippen molar-refractivity contribution in [3.63, 3.8) is 0 Å². The van der Waals surface area contributed by atoms with Crippen LogP contribution in [-0.4, -0.2) is 99.9 Å². The number of hydrogen-bond donors (Lipinski definition) is 3. The highest BCUT2D eigenvalue weighted by molar-refractivity contribution is 7.91. The van der Waals surface area contributed by atoms with Crippen molar-refractivity contribution in [1.29, 1.82) is 0 Å². The molecule has 0 aliphatic carbocycles. The standard InChI is InChI=1S/C33H45N5O6S2/c1-5-37(6-2)19-9-10-21-45(41,42)26-16-11-14-24(22-26)30-28-29(33(40)35-30)31(36-32(28)39)25-15-12-17-27(23-25)46(43,44)34-18-13-20-38(7-3)8-4/h11-12,14-17,22-23,34,36,39H,5-10,13,18-21H2,1-4H3. The molecule has 0 unspecified atom stereocenters. The summed E-state index contributed by atoms with van der Waals surface area (Å²) in [4.78, 5) is 24.8. The van der Waals surface area contributed by atoms with E-state index in [1.165, 1.54) is 24.3 Å². The fourth-order valence-corrected chi connectivity index (χ4v) is 8.17. The number of unbranched alkanes of at least 4 members (excludes halogenated alkanes) is 1. The molecule has 0 saturated heterocycles. The lowest BCUT2D eigenvalue weighted by Gasteiger charge is -2.17. The zero-order chi connectivity index (χ0) is 33.5. The molecule has 0 fully saturated rings. The van der Waals surface area contributed by atoms with Crippen molar-refractivity contribution >= 4 is 31.5 Å². The maximum absolute atomic E-state index is 13.2. The molecular weight excluding hydrogens is 627 g/mol. The van der Waals surface area contributed by atoms with E-state index in [-0.39, 0.29) is 50.5 Å². The second kappa shape index (κ2) is 15.5. The molecule has 0 radical (unpaired) electrons. The number of aliphatic imine (C=N–C) groups is 1. The number of nitrogens with one attached hydrogen (secondary N) is 2. The van der Waals surface area contributed by atoms with Crippen molar-refractivity contribution in [2.75, 3.05) is 51.6 Å². The Morgan fingerprint density at radius 1 is 0.783 bits per heavy atom. The van der Waals surface area contributed by atoms with Crippen LogP contribution in [0.1, 0.15) is 68.4 Å². The first-order valence-corrected chi connectivity index (χ1v) is 19.1. The molecule has 1 amide bonds. The highest BCUT2D eigenvalue weighted by Crippen LogP contribution is 2.38. The van der Waals surface area contributed by atoms with Gasteiger partial charge >= 0.3 is 0 Å². The van der Waals surface area contributed by atoms with Crippen molar-refractivity contribution in [2.24, 2.45) is 4.99 Å². The summed E-state index contributed by atoms with van der Waals surface area (Å²) in [6.45, 7) is 13.8. The summed E-state index contributed by atoms with van der Waals surface area (Å²) in [5.74, 6) is -0.941. The van der Waals surface area contributed by atoms with E-state index in [1.807, 2.05) is 0 Å². The van der Waals surface area contributed by atoms with Crippen LogP contribution >= 0.6 is 0 Å². The normalized spacial score (nSPS) is 13.5. The van der Waals surface area contributed by atoms with Gasteiger partial charge in [-0.3, -0.25) is 4.79 Å². The molecule has 0 bridgehead atoms. The van der Waals surface area contributed by atoms with E-state index < -0.39 is 25.8 Å². The van der Waals surface area contributed by atoms with Gasteiger partial charge in [0.2, 0.25) is 10.0 Å². The van der Waals surface area contributed by atoms with Crippen molar-refractivity contribution in [2.45, 2.75) is 56.7 Å². The Morgan fingerprint density at radius 2 is 1.37 bits per heavy atom. The van der Waals surface area contributed by atoms with Crippen molar-refractivity contribution in [3.05, 3.63) is 65.2 Å². The number of nitrogens with zero attached hydrogens (tertiary/aromatic N) is 3. The molecule has 46 heavy (non-hydrogen) atoms. The van der Waals surface area contributed by atoms with Crippen molar-refractivity contribution in [3.8, 4) is 17.1 Å². The lowest BCUT2D eigenvalue weighted by molar-refractivity contribution is 0.101. The molecule has 0 spiro atoms. The Morgan fingerprint density at radius 3 is 2.02 bits per heavy atom. The topological polar surface area (TPSA) is 152 Å². The first-order valence-electron chi connectivity index (χ1n) is 15.9. The highest BCUT2D eigenvalue weighted by Gasteiger charge is 2.34. The fourth-order valence-electron chi connectivity index (χ4n) is 5.64. The number of aromatic hydroxyl groups is 1. The Kier molecular flexibility index (Phi) is 11.9. The third-order valence-electron chi connectivity index (χ3n) is 8.41. The number of hydrogen-bond acceptors (Lipinski definition) is 8. The fraction of sp³-hybridized carbons (Fsp3) is 0.455. The molecule has 1 aliphatic heterocycles. The molecule has 250 valence electrons. The Hall–Kier alpha value is -3.36. The van der Waals surface area contributed by atoms with Crippen molar-refractivity contribution in [1.82, 2.24) is 19.5 Å². The van der Waals surface area contributed by atoms with Crippen LogP contribution in [-0.2, 0) is 19.9 Å². The number of aromatic nitrogens is 1. The number of sulfone groups is 1. The molecule has 3 N–H and O–H groups in total. The molecule has 13 heteroatoms. The van der Waals surface area contributed by atoms with Gasteiger partial charge in [-0.1, -0.05) is 52.0 Å². The number of H-pyrrole nitrogens is 1. The van der Waals surface area contributed by atoms with Crippen LogP contribution in [0.2, 0.25) is 0 Å². The third kappa shape index (κ3) is 8.13. The van der Waals surface area contributed by atoms with E-state index in [4.69, 9.17) is 0 Å². The van der Waals surface area contributed by atoms with Crippen molar-refractivity contribution < 1.29 is 26.7 Å². The lowest BCUT2D eigenvalue weighted by Crippen LogP contribution is -2.30. The zero-order valence-corrected chi connectivity index (χ0v) is 28.7. The van der Waals surface area contributed by atoms with E-state index in [9.17, 15) is 26.7 Å².